The lowest BCUT2D eigenvalue weighted by atomic mass is 9.82. The van der Waals surface area contributed by atoms with Crippen LogP contribution in [0.15, 0.2) is 16.1 Å². The molecule has 0 spiro atoms. The normalized spacial score (nSPS) is 15.0. The minimum atomic E-state index is -10.1. The molecule has 0 atom stereocenters. The average molecular weight is 1010 g/mol. The molecule has 0 heterocycles. The maximum absolute atomic E-state index is 15.5. The molecule has 1 rings (SSSR count). The van der Waals surface area contributed by atoms with E-state index in [1.54, 1.807) is 0 Å². The number of hydrogen-bond acceptors (Lipinski definition) is 7. The van der Waals surface area contributed by atoms with Gasteiger partial charge in [-0.1, -0.05) is 0 Å². The van der Waals surface area contributed by atoms with E-state index >= 15 is 17.6 Å². The molecule has 0 saturated carbocycles. The van der Waals surface area contributed by atoms with E-state index in [2.05, 4.69) is 14.7 Å². The van der Waals surface area contributed by atoms with Gasteiger partial charge in [-0.3, -0.25) is 9.59 Å². The van der Waals surface area contributed by atoms with Gasteiger partial charge in [0.2, 0.25) is 12.2 Å². The van der Waals surface area contributed by atoms with Gasteiger partial charge >= 0.3 is 89.1 Å². The van der Waals surface area contributed by atoms with E-state index in [9.17, 15) is 129 Å². The quantitative estimate of drug-likeness (QED) is 0.0517. The molecule has 1 aromatic rings. The van der Waals surface area contributed by atoms with E-state index in [0.29, 0.717) is 19.1 Å². The first-order chi connectivity index (χ1) is 27.9. The number of carbonyl (C=O) groups is 2. The van der Waals surface area contributed by atoms with Gasteiger partial charge in [-0.2, -0.15) is 137 Å². The molecule has 1 aromatic carbocycles. The Labute approximate surface area is 329 Å². The van der Waals surface area contributed by atoms with Crippen LogP contribution in [0.5, 0.6) is 0 Å². The van der Waals surface area contributed by atoms with E-state index < -0.39 is 136 Å². The van der Waals surface area contributed by atoms with Gasteiger partial charge in [0, 0.05) is 12.5 Å². The number of alkyl halides is 29. The summed E-state index contributed by atoms with van der Waals surface area (Å²) in [5, 5.41) is 1.09. The number of ether oxygens (including phenoxy) is 1. The van der Waals surface area contributed by atoms with Gasteiger partial charge in [-0.05, 0) is 18.6 Å². The minimum absolute atomic E-state index is 0.195. The number of hydrogen-bond donors (Lipinski definition) is 1. The van der Waals surface area contributed by atoms with Crippen molar-refractivity contribution >= 4 is 35.4 Å². The number of aryl methyl sites for hydroxylation is 1. The summed E-state index contributed by atoms with van der Waals surface area (Å²) >= 11 is 0. The van der Waals surface area contributed by atoms with Gasteiger partial charge in [0.25, 0.3) is 5.91 Å². The summed E-state index contributed by atoms with van der Waals surface area (Å²) in [5.41, 5.74) is -11.2. The predicted molar refractivity (Wildman–Crippen MR) is 140 cm³/mol. The molecule has 0 aromatic heterocycles. The van der Waals surface area contributed by atoms with Gasteiger partial charge < -0.3 is 10.1 Å². The van der Waals surface area contributed by atoms with Crippen molar-refractivity contribution in [3.63, 3.8) is 0 Å². The Kier molecular flexibility index (Phi) is 14.3. The van der Waals surface area contributed by atoms with Crippen molar-refractivity contribution in [2.45, 2.75) is 97.0 Å². The number of benzene rings is 1. The summed E-state index contributed by atoms with van der Waals surface area (Å²) in [6.45, 7) is -0.984. The molecule has 0 fully saturated rings. The third-order valence-electron chi connectivity index (χ3n) is 7.94. The Morgan fingerprint density at radius 2 is 0.781 bits per heavy atom. The van der Waals surface area contributed by atoms with Crippen LogP contribution in [0.3, 0.4) is 0 Å². The second kappa shape index (κ2) is 16.1. The highest BCUT2D eigenvalue weighted by molar-refractivity contribution is 6.04. The second-order valence-electron chi connectivity index (χ2n) is 12.0. The van der Waals surface area contributed by atoms with Crippen LogP contribution in [0, 0.1) is 6.92 Å². The Hall–Kier alpha value is -5.11. The van der Waals surface area contributed by atoms with E-state index in [-0.39, 0.29) is 6.92 Å². The van der Waals surface area contributed by atoms with E-state index in [4.69, 9.17) is 0 Å². The highest BCUT2D eigenvalue weighted by Gasteiger charge is 3.01. The smallest absolute Gasteiger partial charge is 0.445 e. The zero-order valence-electron chi connectivity index (χ0n) is 29.2. The molecule has 1 amide bonds. The molecule has 0 aliphatic carbocycles. The number of rotatable bonds is 18. The van der Waals surface area contributed by atoms with Crippen LogP contribution in [-0.2, 0) is 25.0 Å². The first kappa shape index (κ1) is 56.9. The van der Waals surface area contributed by atoms with Crippen LogP contribution in [0.4, 0.5) is 139 Å². The summed E-state index contributed by atoms with van der Waals surface area (Å²) in [6.07, 6.45) is -7.56. The minimum Gasteiger partial charge on any atom is -0.445 e. The maximum Gasteiger partial charge on any atom is 0.460 e. The molecule has 0 unspecified atom stereocenters. The van der Waals surface area contributed by atoms with Gasteiger partial charge in [0.15, 0.2) is 6.73 Å². The number of aliphatic imine (C=N–C) groups is 2. The van der Waals surface area contributed by atoms with Crippen LogP contribution in [0.25, 0.3) is 0 Å². The molecule has 0 bridgehead atoms. The third-order valence-corrected chi connectivity index (χ3v) is 7.94. The van der Waals surface area contributed by atoms with Crippen molar-refractivity contribution in [2.24, 2.45) is 9.98 Å². The summed E-state index contributed by atoms with van der Waals surface area (Å²) in [6, 6.07) is -0.879. The summed E-state index contributed by atoms with van der Waals surface area (Å²) in [5.74, 6) is -128. The lowest BCUT2D eigenvalue weighted by Crippen LogP contribution is -2.79. The van der Waals surface area contributed by atoms with Crippen LogP contribution in [0.2, 0.25) is 0 Å². The number of isocyanates is 2. The van der Waals surface area contributed by atoms with Gasteiger partial charge in [0.1, 0.15) is 11.4 Å². The van der Waals surface area contributed by atoms with Crippen LogP contribution in [0.1, 0.15) is 28.4 Å². The topological polar surface area (TPSA) is 114 Å². The number of nitrogens with one attached hydrogen (secondary N) is 1. The van der Waals surface area contributed by atoms with Crippen molar-refractivity contribution in [3.8, 4) is 0 Å². The molecule has 0 aliphatic heterocycles. The largest absolute Gasteiger partial charge is 0.460 e. The van der Waals surface area contributed by atoms with Crippen LogP contribution in [-0.4, -0.2) is 108 Å². The zero-order chi connectivity index (χ0) is 51.7. The summed E-state index contributed by atoms with van der Waals surface area (Å²) in [4.78, 5) is 50.3. The fourth-order valence-electron chi connectivity index (χ4n) is 4.42. The number of carbonyl (C=O) groups excluding carboxylic acids is 4. The molecule has 64 heavy (non-hydrogen) atoms. The van der Waals surface area contributed by atoms with E-state index in [1.807, 2.05) is 0 Å². The van der Waals surface area contributed by atoms with Gasteiger partial charge in [-0.25, -0.2) is 9.59 Å². The van der Waals surface area contributed by atoms with Crippen molar-refractivity contribution in [1.29, 1.82) is 0 Å². The number of halogens is 29. The van der Waals surface area contributed by atoms with Gasteiger partial charge in [-0.15, -0.1) is 0 Å². The Balaban J connectivity index is 4.30. The van der Waals surface area contributed by atoms with E-state index in [0.717, 1.165) is 5.32 Å². The highest BCUT2D eigenvalue weighted by atomic mass is 19.4. The number of nitrogens with zero attached hydrogens (tertiary/aromatic N) is 2. The molecule has 37 heteroatoms. The fourth-order valence-corrected chi connectivity index (χ4v) is 4.42. The fraction of sp³-hybridized carbons (Fsp3) is 0.630. The molecule has 0 aliphatic rings. The summed E-state index contributed by atoms with van der Waals surface area (Å²) in [7, 11) is 0. The van der Waals surface area contributed by atoms with Crippen molar-refractivity contribution in [1.82, 2.24) is 5.32 Å². The Bertz CT molecular complexity index is 2080. The SMILES string of the molecule is CC(=O)OCNC(=O)c1c(C(F)(F)C(F)(F)C(F)(F)C(F)(F)C(F)(F)C(F)(F)C(F)(F)C(F)(F)C(F)(F)C(F)(F)C(F)(F)C(F)(F)C(F)(F)C(F)(F)F)cc(C)c(N=C=O)c1N=C=O. The average Bonchev–Trinajstić information content (AvgIpc) is 3.11. The van der Waals surface area contributed by atoms with E-state index in [1.165, 1.54) is 0 Å². The molecular formula is C27H10F29N3O5. The van der Waals surface area contributed by atoms with Crippen molar-refractivity contribution in [2.75, 3.05) is 6.73 Å². The third kappa shape index (κ3) is 7.50. The van der Waals surface area contributed by atoms with Crippen molar-refractivity contribution in [3.05, 3.63) is 22.8 Å². The summed E-state index contributed by atoms with van der Waals surface area (Å²) < 4.78 is 411. The standard InChI is InChI=1S/C27H10F29N3O5/c1-7-3-9(10(13(63)59-6-64-8(2)62)12(58-5-61)11(7)57-4-60)14(28,29)15(30,31)16(32,33)17(34,35)18(36,37)19(38,39)20(40,41)21(42,43)22(44,45)23(46,47)24(48,49)25(50,51)26(52,53)27(54,55)56/h3H,6H2,1-2H3,(H,59,63). The Morgan fingerprint density at radius 1 is 0.500 bits per heavy atom. The Morgan fingerprint density at radius 3 is 1.06 bits per heavy atom. The number of amides is 1. The lowest BCUT2D eigenvalue weighted by molar-refractivity contribution is -0.487. The molecule has 1 N–H and O–H groups in total. The first-order valence-electron chi connectivity index (χ1n) is 14.6. The maximum atomic E-state index is 15.5. The predicted octanol–water partition coefficient (Wildman–Crippen LogP) is 10.5. The highest BCUT2D eigenvalue weighted by Crippen LogP contribution is 2.69. The molecule has 366 valence electrons. The number of esters is 1. The lowest BCUT2D eigenvalue weighted by Gasteiger charge is -2.46. The van der Waals surface area contributed by atoms with Crippen LogP contribution < -0.4 is 5.32 Å². The van der Waals surface area contributed by atoms with Crippen LogP contribution >= 0.6 is 0 Å². The molecular weight excluding hydrogens is 997 g/mol. The molecule has 8 nitrogen and oxygen atoms in total. The monoisotopic (exact) mass is 1010 g/mol. The molecule has 0 radical (unpaired) electrons. The second-order valence-corrected chi connectivity index (χ2v) is 12.0. The van der Waals surface area contributed by atoms with Gasteiger partial charge in [0.05, 0.1) is 5.56 Å². The molecule has 0 saturated heterocycles. The zero-order valence-corrected chi connectivity index (χ0v) is 29.2. The van der Waals surface area contributed by atoms with Crippen molar-refractivity contribution < 1.29 is 151 Å². The first-order valence-corrected chi connectivity index (χ1v) is 14.6.